The maximum absolute atomic E-state index is 15.0. The quantitative estimate of drug-likeness (QED) is 0.114. The van der Waals surface area contributed by atoms with E-state index in [9.17, 15) is 14.4 Å². The fourth-order valence-electron chi connectivity index (χ4n) is 7.43. The van der Waals surface area contributed by atoms with E-state index in [0.29, 0.717) is 6.16 Å². The fraction of sp³-hybridized carbons (Fsp3) is 0.133. The molecule has 0 aliphatic carbocycles. The van der Waals surface area contributed by atoms with Gasteiger partial charge in [0.25, 0.3) is 0 Å². The van der Waals surface area contributed by atoms with E-state index in [1.165, 1.54) is 39.0 Å². The predicted molar refractivity (Wildman–Crippen MR) is 221 cm³/mol. The van der Waals surface area contributed by atoms with Gasteiger partial charge >= 0.3 is 5.97 Å². The van der Waals surface area contributed by atoms with Gasteiger partial charge in [0.05, 0.1) is 12.6 Å². The number of thiophene rings is 1. The average Bonchev–Trinajstić information content (AvgIpc) is 3.75. The van der Waals surface area contributed by atoms with Crippen molar-refractivity contribution in [2.75, 3.05) is 6.16 Å². The molecule has 1 saturated heterocycles. The van der Waals surface area contributed by atoms with E-state index in [1.54, 1.807) is 4.90 Å². The van der Waals surface area contributed by atoms with E-state index in [2.05, 4.69) is 83.5 Å². The summed E-state index contributed by atoms with van der Waals surface area (Å²) < 4.78 is 6.55. The number of amides is 2. The molecule has 3 heterocycles. The molecule has 2 aliphatic heterocycles. The molecule has 5 aromatic carbocycles. The Morgan fingerprint density at radius 1 is 0.691 bits per heavy atom. The van der Waals surface area contributed by atoms with Crippen molar-refractivity contribution in [1.29, 1.82) is 0 Å². The van der Waals surface area contributed by atoms with Gasteiger partial charge in [-0.1, -0.05) is 121 Å². The highest BCUT2D eigenvalue weighted by atomic mass is 35.5. The molecule has 6 nitrogen and oxygen atoms in total. The van der Waals surface area contributed by atoms with Gasteiger partial charge in [-0.3, -0.25) is 9.59 Å². The van der Waals surface area contributed by atoms with Crippen LogP contribution in [0.4, 0.5) is 0 Å². The Morgan fingerprint density at radius 2 is 1.18 bits per heavy atom. The van der Waals surface area contributed by atoms with Crippen LogP contribution in [-0.2, 0) is 25.5 Å². The van der Waals surface area contributed by atoms with E-state index in [0.717, 1.165) is 21.6 Å². The SMILES string of the molecule is O=C(Cc1cccs1)N[C@@H]1C(=O)N2C(C(=O)OC(c3ccccc3)c3ccccc3)C(C[P+](c3ccccc3)(c3ccccc3)c3ccccc3)=CS[C@H]12.[Cl-]. The maximum atomic E-state index is 15.0. The number of nitrogens with zero attached hydrogens (tertiary/aromatic N) is 1. The number of thioether (sulfide) groups is 1. The van der Waals surface area contributed by atoms with Crippen molar-refractivity contribution in [1.82, 2.24) is 10.2 Å². The van der Waals surface area contributed by atoms with Crippen molar-refractivity contribution in [2.24, 2.45) is 0 Å². The van der Waals surface area contributed by atoms with Gasteiger partial charge in [0.1, 0.15) is 34.6 Å². The highest BCUT2D eigenvalue weighted by Crippen LogP contribution is 2.58. The first-order chi connectivity index (χ1) is 26.5. The molecule has 2 aliphatic rings. The summed E-state index contributed by atoms with van der Waals surface area (Å²) in [6, 6.07) is 52.9. The summed E-state index contributed by atoms with van der Waals surface area (Å²) in [5.41, 5.74) is 2.47. The highest BCUT2D eigenvalue weighted by molar-refractivity contribution is 8.03. The first kappa shape index (κ1) is 38.3. The van der Waals surface area contributed by atoms with E-state index in [-0.39, 0.29) is 30.6 Å². The predicted octanol–water partition coefficient (Wildman–Crippen LogP) is 4.27. The second-order valence-corrected chi connectivity index (χ2v) is 18.8. The van der Waals surface area contributed by atoms with Crippen LogP contribution in [0, 0.1) is 0 Å². The zero-order valence-corrected chi connectivity index (χ0v) is 33.0. The monoisotopic (exact) mass is 800 g/mol. The van der Waals surface area contributed by atoms with Crippen LogP contribution in [0.5, 0.6) is 0 Å². The minimum absolute atomic E-state index is 0. The van der Waals surface area contributed by atoms with Crippen molar-refractivity contribution in [3.8, 4) is 0 Å². The average molecular weight is 801 g/mol. The molecule has 1 unspecified atom stereocenters. The molecule has 8 rings (SSSR count). The molecule has 2 amide bonds. The summed E-state index contributed by atoms with van der Waals surface area (Å²) in [5.74, 6) is -1.02. The molecule has 0 bridgehead atoms. The third kappa shape index (κ3) is 7.78. The number of esters is 1. The lowest BCUT2D eigenvalue weighted by Crippen LogP contribution is -3.00. The minimum atomic E-state index is -2.46. The normalized spacial score (nSPS) is 17.6. The second kappa shape index (κ2) is 17.2. The molecule has 6 aromatic rings. The lowest BCUT2D eigenvalue weighted by atomic mass is 9.97. The van der Waals surface area contributed by atoms with Crippen molar-refractivity contribution in [2.45, 2.75) is 30.0 Å². The molecule has 0 spiro atoms. The Balaban J connectivity index is 0.00000465. The zero-order valence-electron chi connectivity index (χ0n) is 29.7. The van der Waals surface area contributed by atoms with Gasteiger partial charge in [-0.15, -0.1) is 23.1 Å². The van der Waals surface area contributed by atoms with Gasteiger partial charge < -0.3 is 27.4 Å². The van der Waals surface area contributed by atoms with Crippen molar-refractivity contribution in [3.63, 3.8) is 0 Å². The summed E-state index contributed by atoms with van der Waals surface area (Å²) in [5, 5.41) is 10.0. The number of fused-ring (bicyclic) bond motifs is 1. The summed E-state index contributed by atoms with van der Waals surface area (Å²) in [6.45, 7) is 0. The van der Waals surface area contributed by atoms with Gasteiger partial charge in [-0.25, -0.2) is 4.79 Å². The van der Waals surface area contributed by atoms with Gasteiger partial charge in [-0.2, -0.15) is 0 Å². The molecular formula is C45H38ClN2O4PS2. The van der Waals surface area contributed by atoms with E-state index in [4.69, 9.17) is 4.74 Å². The summed E-state index contributed by atoms with van der Waals surface area (Å²) >= 11 is 2.99. The number of nitrogens with one attached hydrogen (secondary N) is 1. The van der Waals surface area contributed by atoms with Crippen LogP contribution in [-0.4, -0.2) is 46.3 Å². The zero-order chi connectivity index (χ0) is 36.9. The van der Waals surface area contributed by atoms with E-state index < -0.39 is 36.8 Å². The third-order valence-electron chi connectivity index (χ3n) is 9.97. The second-order valence-electron chi connectivity index (χ2n) is 13.3. The molecule has 55 heavy (non-hydrogen) atoms. The molecule has 3 atom stereocenters. The van der Waals surface area contributed by atoms with Crippen LogP contribution in [0.2, 0.25) is 0 Å². The Bertz CT molecular complexity index is 2110. The maximum Gasteiger partial charge on any atom is 0.334 e. The summed E-state index contributed by atoms with van der Waals surface area (Å²) in [7, 11) is -2.46. The molecule has 1 N–H and O–H groups in total. The summed E-state index contributed by atoms with van der Waals surface area (Å²) in [6.07, 6.45) is 0.00796. The summed E-state index contributed by atoms with van der Waals surface area (Å²) in [4.78, 5) is 45.0. The van der Waals surface area contributed by atoms with Crippen molar-refractivity contribution >= 4 is 64.1 Å². The highest BCUT2D eigenvalue weighted by Gasteiger charge is 2.58. The number of hydrogen-bond donors (Lipinski definition) is 1. The number of ether oxygens (including phenoxy) is 1. The molecule has 0 radical (unpaired) electrons. The molecule has 276 valence electrons. The molecule has 1 aromatic heterocycles. The van der Waals surface area contributed by atoms with Crippen molar-refractivity contribution < 1.29 is 31.5 Å². The van der Waals surface area contributed by atoms with Crippen LogP contribution in [0.3, 0.4) is 0 Å². The first-order valence-corrected chi connectivity index (χ1v) is 21.7. The number of β-lactam (4-membered cyclic amide) rings is 1. The van der Waals surface area contributed by atoms with E-state index in [1.807, 2.05) is 96.4 Å². The molecule has 1 fully saturated rings. The van der Waals surface area contributed by atoms with Crippen LogP contribution in [0.15, 0.2) is 180 Å². The van der Waals surface area contributed by atoms with Crippen LogP contribution in [0.1, 0.15) is 22.1 Å². The molecule has 0 saturated carbocycles. The number of carbonyl (C=O) groups excluding carboxylic acids is 3. The number of halogens is 1. The minimum Gasteiger partial charge on any atom is -1.00 e. The standard InChI is InChI=1S/C45H37N2O4PS2.ClH/c48-39(29-38-27-16-28-53-38)46-40-43(49)47-41(45(50)51-42(32-17-6-1-7-18-32)33-19-8-2-9-20-33)34(31-54-44(40)47)30-52(35-21-10-3-11-22-35,36-23-12-4-13-24-36)37-25-14-5-15-26-37;/h1-28,31,40-42,44H,29-30H2;1H/t40-,41?,44-;/m1./s1. The smallest absolute Gasteiger partial charge is 0.334 e. The van der Waals surface area contributed by atoms with Crippen molar-refractivity contribution in [3.05, 3.63) is 196 Å². The van der Waals surface area contributed by atoms with Gasteiger partial charge in [0.2, 0.25) is 11.8 Å². The Kier molecular flexibility index (Phi) is 12.0. The molecule has 10 heteroatoms. The van der Waals surface area contributed by atoms with E-state index >= 15 is 0 Å². The number of hydrogen-bond acceptors (Lipinski definition) is 6. The lowest BCUT2D eigenvalue weighted by molar-refractivity contribution is -0.165. The first-order valence-electron chi connectivity index (χ1n) is 17.9. The largest absolute Gasteiger partial charge is 1.00 e. The molecular weight excluding hydrogens is 763 g/mol. The van der Waals surface area contributed by atoms with Gasteiger partial charge in [0, 0.05) is 10.5 Å². The van der Waals surface area contributed by atoms with Crippen LogP contribution < -0.4 is 33.6 Å². The van der Waals surface area contributed by atoms with Gasteiger partial charge in [0.15, 0.2) is 12.1 Å². The topological polar surface area (TPSA) is 75.7 Å². The number of benzene rings is 5. The lowest BCUT2D eigenvalue weighted by Gasteiger charge is -2.52. The van der Waals surface area contributed by atoms with Crippen LogP contribution >= 0.6 is 30.4 Å². The van der Waals surface area contributed by atoms with Crippen LogP contribution in [0.25, 0.3) is 0 Å². The Morgan fingerprint density at radius 3 is 1.65 bits per heavy atom. The Hall–Kier alpha value is -4.98. The fourth-order valence-corrected chi connectivity index (χ4v) is 13.8. The Labute approximate surface area is 336 Å². The number of rotatable bonds is 12. The number of carbonyl (C=O) groups is 3. The van der Waals surface area contributed by atoms with Gasteiger partial charge in [-0.05, 0) is 64.4 Å². The third-order valence-corrected chi connectivity index (χ3v) is 16.4.